The van der Waals surface area contributed by atoms with Gasteiger partial charge in [0, 0.05) is 5.38 Å². The monoisotopic (exact) mass is 367 g/mol. The molecule has 84 valence electrons. The Kier molecular flexibility index (Phi) is 3.60. The lowest BCUT2D eigenvalue weighted by atomic mass is 10.4. The van der Waals surface area contributed by atoms with Gasteiger partial charge in [-0.25, -0.2) is 9.97 Å². The molecule has 0 atom stereocenters. The third-order valence-electron chi connectivity index (χ3n) is 1.94. The predicted octanol–water partition coefficient (Wildman–Crippen LogP) is 2.31. The summed E-state index contributed by atoms with van der Waals surface area (Å²) in [6.45, 7) is 2.37. The summed E-state index contributed by atoms with van der Waals surface area (Å²) >= 11 is 9.21. The van der Waals surface area contributed by atoms with Crippen molar-refractivity contribution < 1.29 is 0 Å². The molecule has 2 aromatic heterocycles. The summed E-state index contributed by atoms with van der Waals surface area (Å²) in [5.41, 5.74) is 0.732. The van der Waals surface area contributed by atoms with Crippen LogP contribution in [0.5, 0.6) is 0 Å². The number of hydrogen-bond donors (Lipinski definition) is 0. The number of nitrogens with zero attached hydrogens (tertiary/aromatic N) is 3. The summed E-state index contributed by atoms with van der Waals surface area (Å²) < 4.78 is 1.94. The molecule has 0 N–H and O–H groups in total. The highest BCUT2D eigenvalue weighted by Gasteiger charge is 2.08. The molecule has 0 saturated carbocycles. The van der Waals surface area contributed by atoms with Crippen LogP contribution >= 0.6 is 45.5 Å². The van der Waals surface area contributed by atoms with E-state index in [1.165, 1.54) is 10.9 Å². The van der Waals surface area contributed by atoms with Crippen LogP contribution in [0.4, 0.5) is 0 Å². The van der Waals surface area contributed by atoms with Gasteiger partial charge in [0.15, 0.2) is 0 Å². The number of aromatic nitrogens is 3. The fourth-order valence-electron chi connectivity index (χ4n) is 1.21. The summed E-state index contributed by atoms with van der Waals surface area (Å²) in [4.78, 5) is 20.0. The second-order valence-corrected chi connectivity index (χ2v) is 5.64. The first-order valence-corrected chi connectivity index (χ1v) is 6.73. The highest BCUT2D eigenvalue weighted by atomic mass is 127. The first kappa shape index (κ1) is 12.0. The molecule has 7 heteroatoms. The van der Waals surface area contributed by atoms with E-state index in [2.05, 4.69) is 9.97 Å². The van der Waals surface area contributed by atoms with Crippen LogP contribution < -0.4 is 5.56 Å². The summed E-state index contributed by atoms with van der Waals surface area (Å²) in [6.07, 6.45) is 1.45. The van der Waals surface area contributed by atoms with Crippen LogP contribution in [0.3, 0.4) is 0 Å². The summed E-state index contributed by atoms with van der Waals surface area (Å²) in [7, 11) is 0. The van der Waals surface area contributed by atoms with Crippen molar-refractivity contribution in [1.82, 2.24) is 14.5 Å². The van der Waals surface area contributed by atoms with Crippen molar-refractivity contribution in [3.63, 3.8) is 0 Å². The molecule has 0 spiro atoms. The maximum Gasteiger partial charge on any atom is 0.268 e. The highest BCUT2D eigenvalue weighted by Crippen LogP contribution is 2.11. The van der Waals surface area contributed by atoms with E-state index >= 15 is 0 Å². The van der Waals surface area contributed by atoms with Crippen LogP contribution in [-0.2, 0) is 6.54 Å². The molecule has 0 unspecified atom stereocenters. The number of aryl methyl sites for hydroxylation is 1. The van der Waals surface area contributed by atoms with Crippen LogP contribution in [0.25, 0.3) is 0 Å². The van der Waals surface area contributed by atoms with Crippen LogP contribution in [0.15, 0.2) is 16.5 Å². The number of hydrogen-bond acceptors (Lipinski definition) is 4. The molecule has 0 radical (unpaired) electrons. The molecule has 0 aliphatic rings. The van der Waals surface area contributed by atoms with Gasteiger partial charge >= 0.3 is 0 Å². The van der Waals surface area contributed by atoms with E-state index in [1.54, 1.807) is 11.3 Å². The molecule has 2 rings (SSSR count). The third kappa shape index (κ3) is 2.44. The Morgan fingerprint density at radius 3 is 3.00 bits per heavy atom. The quantitative estimate of drug-likeness (QED) is 0.604. The average molecular weight is 368 g/mol. The lowest BCUT2D eigenvalue weighted by Gasteiger charge is -2.03. The normalized spacial score (nSPS) is 10.7. The van der Waals surface area contributed by atoms with E-state index in [0.29, 0.717) is 10.1 Å². The fraction of sp³-hybridized carbons (Fsp3) is 0.222. The van der Waals surface area contributed by atoms with Gasteiger partial charge in [-0.15, -0.1) is 11.3 Å². The minimum Gasteiger partial charge on any atom is -0.292 e. The van der Waals surface area contributed by atoms with Gasteiger partial charge in [0.25, 0.3) is 5.56 Å². The molecule has 0 fully saturated rings. The van der Waals surface area contributed by atoms with Gasteiger partial charge in [0.05, 0.1) is 23.6 Å². The second kappa shape index (κ2) is 4.80. The second-order valence-electron chi connectivity index (χ2n) is 3.14. The van der Waals surface area contributed by atoms with Gasteiger partial charge < -0.3 is 0 Å². The minimum absolute atomic E-state index is 0.133. The standard InChI is InChI=1S/C9H7ClIN3OS/c1-5-13-6(3-16-5)2-14-4-12-8(10)7(11)9(14)15/h3-4H,2H2,1H3. The third-order valence-corrected chi connectivity index (χ3v) is 4.34. The van der Waals surface area contributed by atoms with Crippen LogP contribution in [-0.4, -0.2) is 14.5 Å². The predicted molar refractivity (Wildman–Crippen MR) is 72.2 cm³/mol. The molecule has 0 aliphatic carbocycles. The molecule has 4 nitrogen and oxygen atoms in total. The molecule has 2 heterocycles. The lowest BCUT2D eigenvalue weighted by molar-refractivity contribution is 0.716. The molecular formula is C9H7ClIN3OS. The van der Waals surface area contributed by atoms with Crippen LogP contribution in [0, 0.1) is 10.5 Å². The number of thiazole rings is 1. The van der Waals surface area contributed by atoms with Crippen molar-refractivity contribution in [2.24, 2.45) is 0 Å². The molecule has 0 aliphatic heterocycles. The lowest BCUT2D eigenvalue weighted by Crippen LogP contribution is -2.23. The fourth-order valence-corrected chi connectivity index (χ4v) is 2.39. The van der Waals surface area contributed by atoms with Crippen molar-refractivity contribution >= 4 is 45.5 Å². The largest absolute Gasteiger partial charge is 0.292 e. The zero-order valence-corrected chi connectivity index (χ0v) is 12.0. The van der Waals surface area contributed by atoms with Crippen molar-refractivity contribution in [1.29, 1.82) is 0 Å². The molecule has 0 bridgehead atoms. The molecule has 0 saturated heterocycles. The maximum atomic E-state index is 11.8. The smallest absolute Gasteiger partial charge is 0.268 e. The Balaban J connectivity index is 2.36. The Bertz CT molecular complexity index is 580. The first-order chi connectivity index (χ1) is 7.58. The summed E-state index contributed by atoms with van der Waals surface area (Å²) in [5, 5.41) is 3.17. The van der Waals surface area contributed by atoms with Crippen molar-refractivity contribution in [3.05, 3.63) is 41.5 Å². The van der Waals surface area contributed by atoms with E-state index in [1.807, 2.05) is 34.9 Å². The summed E-state index contributed by atoms with van der Waals surface area (Å²) in [6, 6.07) is 0. The van der Waals surface area contributed by atoms with Crippen LogP contribution in [0.2, 0.25) is 5.15 Å². The minimum atomic E-state index is -0.133. The highest BCUT2D eigenvalue weighted by molar-refractivity contribution is 14.1. The Labute approximate surface area is 114 Å². The van der Waals surface area contributed by atoms with Gasteiger partial charge in [-0.3, -0.25) is 9.36 Å². The van der Waals surface area contributed by atoms with Crippen molar-refractivity contribution in [2.45, 2.75) is 13.5 Å². The average Bonchev–Trinajstić information content (AvgIpc) is 2.65. The molecule has 0 aromatic carbocycles. The van der Waals surface area contributed by atoms with Gasteiger partial charge in [-0.1, -0.05) is 11.6 Å². The van der Waals surface area contributed by atoms with E-state index < -0.39 is 0 Å². The van der Waals surface area contributed by atoms with Gasteiger partial charge in [0.2, 0.25) is 0 Å². The van der Waals surface area contributed by atoms with Gasteiger partial charge in [0.1, 0.15) is 8.72 Å². The van der Waals surface area contributed by atoms with Crippen molar-refractivity contribution in [3.8, 4) is 0 Å². The van der Waals surface area contributed by atoms with Gasteiger partial charge in [-0.05, 0) is 29.5 Å². The Morgan fingerprint density at radius 2 is 2.38 bits per heavy atom. The Hall–Kier alpha value is -0.470. The topological polar surface area (TPSA) is 47.8 Å². The molecule has 0 amide bonds. The first-order valence-electron chi connectivity index (χ1n) is 4.39. The molecule has 16 heavy (non-hydrogen) atoms. The summed E-state index contributed by atoms with van der Waals surface area (Å²) in [5.74, 6) is 0. The van der Waals surface area contributed by atoms with E-state index in [4.69, 9.17) is 11.6 Å². The Morgan fingerprint density at radius 1 is 1.62 bits per heavy atom. The van der Waals surface area contributed by atoms with Crippen molar-refractivity contribution in [2.75, 3.05) is 0 Å². The van der Waals surface area contributed by atoms with Gasteiger partial charge in [-0.2, -0.15) is 0 Å². The van der Waals surface area contributed by atoms with E-state index in [9.17, 15) is 4.79 Å². The van der Waals surface area contributed by atoms with Crippen LogP contribution in [0.1, 0.15) is 10.7 Å². The maximum absolute atomic E-state index is 11.8. The SMILES string of the molecule is Cc1nc(Cn2cnc(Cl)c(I)c2=O)cs1. The number of halogens is 2. The van der Waals surface area contributed by atoms with E-state index in [0.717, 1.165) is 10.7 Å². The zero-order chi connectivity index (χ0) is 11.7. The zero-order valence-electron chi connectivity index (χ0n) is 8.28. The molecule has 2 aromatic rings. The number of rotatable bonds is 2. The molecular weight excluding hydrogens is 361 g/mol. The van der Waals surface area contributed by atoms with E-state index in [-0.39, 0.29) is 10.7 Å².